The molecule has 0 N–H and O–H groups in total. The third-order valence-electron chi connectivity index (χ3n) is 2.42. The topological polar surface area (TPSA) is 0 Å². The second kappa shape index (κ2) is 3.82. The van der Waals surface area contributed by atoms with Crippen LogP contribution in [-0.2, 0) is 12.8 Å². The molecule has 0 amide bonds. The smallest absolute Gasteiger partial charge is 0.0165 e. The maximum absolute atomic E-state index is 2.46. The molecule has 0 atom stereocenters. The van der Waals surface area contributed by atoms with E-state index in [2.05, 4.69) is 57.3 Å². The van der Waals surface area contributed by atoms with Crippen molar-refractivity contribution in [2.45, 2.75) is 25.7 Å². The van der Waals surface area contributed by atoms with Gasteiger partial charge in [0.15, 0.2) is 0 Å². The second-order valence-corrected chi connectivity index (χ2v) is 5.52. The summed E-state index contributed by atoms with van der Waals surface area (Å²) in [4.78, 5) is 0. The van der Waals surface area contributed by atoms with E-state index in [4.69, 9.17) is 0 Å². The minimum atomic E-state index is 1.30. The Hall–Kier alpha value is 0.680. The Labute approximate surface area is 100 Å². The van der Waals surface area contributed by atoms with Crippen LogP contribution in [0.3, 0.4) is 0 Å². The van der Waals surface area contributed by atoms with Gasteiger partial charge in [-0.25, -0.2) is 0 Å². The second-order valence-electron chi connectivity index (χ2n) is 3.19. The van der Waals surface area contributed by atoms with Gasteiger partial charge in [0.2, 0.25) is 0 Å². The van der Waals surface area contributed by atoms with Crippen LogP contribution >= 0.6 is 45.2 Å². The van der Waals surface area contributed by atoms with Crippen molar-refractivity contribution in [3.8, 4) is 0 Å². The largest absolute Gasteiger partial charge is 0.0489 e. The highest BCUT2D eigenvalue weighted by Gasteiger charge is 2.14. The Morgan fingerprint density at radius 2 is 1.25 bits per heavy atom. The summed E-state index contributed by atoms with van der Waals surface area (Å²) in [5, 5.41) is 0. The van der Waals surface area contributed by atoms with Crippen molar-refractivity contribution in [2.24, 2.45) is 0 Å². The summed E-state index contributed by atoms with van der Waals surface area (Å²) in [7, 11) is 0. The summed E-state index contributed by atoms with van der Waals surface area (Å²) in [5.74, 6) is 0. The van der Waals surface area contributed by atoms with Crippen LogP contribution in [0.4, 0.5) is 0 Å². The fourth-order valence-corrected chi connectivity index (χ4v) is 3.33. The fourth-order valence-electron chi connectivity index (χ4n) is 1.78. The van der Waals surface area contributed by atoms with Crippen LogP contribution in [0.15, 0.2) is 12.1 Å². The first-order valence-corrected chi connectivity index (χ1v) is 6.40. The van der Waals surface area contributed by atoms with Crippen LogP contribution in [0.5, 0.6) is 0 Å². The van der Waals surface area contributed by atoms with Gasteiger partial charge >= 0.3 is 0 Å². The van der Waals surface area contributed by atoms with E-state index in [1.165, 1.54) is 32.8 Å². The summed E-state index contributed by atoms with van der Waals surface area (Å²) in [6, 6.07) is 4.49. The van der Waals surface area contributed by atoms with Crippen molar-refractivity contribution >= 4 is 45.2 Å². The van der Waals surface area contributed by atoms with Crippen molar-refractivity contribution in [1.82, 2.24) is 0 Å². The predicted octanol–water partition coefficient (Wildman–Crippen LogP) is 3.77. The van der Waals surface area contributed by atoms with Gasteiger partial charge in [0, 0.05) is 7.14 Å². The lowest BCUT2D eigenvalue weighted by Crippen LogP contribution is -2.06. The number of hydrogen-bond donors (Lipinski definition) is 0. The quantitative estimate of drug-likeness (QED) is 0.598. The van der Waals surface area contributed by atoms with Crippen molar-refractivity contribution in [2.75, 3.05) is 0 Å². The Morgan fingerprint density at radius 1 is 0.833 bits per heavy atom. The fraction of sp³-hybridized carbons (Fsp3) is 0.400. The maximum Gasteiger partial charge on any atom is 0.0165 e. The molecular weight excluding hydrogens is 374 g/mol. The van der Waals surface area contributed by atoms with Gasteiger partial charge < -0.3 is 0 Å². The molecular formula is C10H10I2. The monoisotopic (exact) mass is 384 g/mol. The average molecular weight is 384 g/mol. The summed E-state index contributed by atoms with van der Waals surface area (Å²) in [5.41, 5.74) is 3.24. The van der Waals surface area contributed by atoms with Crippen LogP contribution in [0, 0.1) is 7.14 Å². The highest BCUT2D eigenvalue weighted by molar-refractivity contribution is 14.1. The standard InChI is InChI=1S/C10H10I2/c11-9-5-6-10(12)8-4-2-1-3-7(8)9/h5-6H,1-4H2. The van der Waals surface area contributed by atoms with Gasteiger partial charge in [0.25, 0.3) is 0 Å². The van der Waals surface area contributed by atoms with Crippen molar-refractivity contribution < 1.29 is 0 Å². The zero-order chi connectivity index (χ0) is 8.55. The van der Waals surface area contributed by atoms with Gasteiger partial charge in [-0.1, -0.05) is 0 Å². The molecule has 0 bridgehead atoms. The van der Waals surface area contributed by atoms with E-state index in [1.54, 1.807) is 11.1 Å². The Kier molecular flexibility index (Phi) is 2.94. The minimum Gasteiger partial charge on any atom is -0.0489 e. The molecule has 2 heteroatoms. The van der Waals surface area contributed by atoms with E-state index in [0.717, 1.165) is 0 Å². The highest BCUT2D eigenvalue weighted by atomic mass is 127. The van der Waals surface area contributed by atoms with Gasteiger partial charge in [-0.2, -0.15) is 0 Å². The molecule has 1 aromatic rings. The Balaban J connectivity index is 2.57. The zero-order valence-corrected chi connectivity index (χ0v) is 11.1. The SMILES string of the molecule is Ic1ccc(I)c2c1CCCC2. The lowest BCUT2D eigenvalue weighted by molar-refractivity contribution is 0.680. The van der Waals surface area contributed by atoms with Gasteiger partial charge in [-0.05, 0) is 94.1 Å². The first kappa shape index (κ1) is 9.24. The van der Waals surface area contributed by atoms with E-state index >= 15 is 0 Å². The summed E-state index contributed by atoms with van der Waals surface area (Å²) in [6.45, 7) is 0. The van der Waals surface area contributed by atoms with Crippen molar-refractivity contribution in [3.63, 3.8) is 0 Å². The highest BCUT2D eigenvalue weighted by Crippen LogP contribution is 2.29. The molecule has 2 rings (SSSR count). The lowest BCUT2D eigenvalue weighted by atomic mass is 9.92. The van der Waals surface area contributed by atoms with E-state index in [0.29, 0.717) is 0 Å². The van der Waals surface area contributed by atoms with Crippen LogP contribution in [0.2, 0.25) is 0 Å². The van der Waals surface area contributed by atoms with E-state index < -0.39 is 0 Å². The summed E-state index contributed by atoms with van der Waals surface area (Å²) in [6.07, 6.45) is 5.35. The molecule has 0 nitrogen and oxygen atoms in total. The molecule has 0 fully saturated rings. The first-order chi connectivity index (χ1) is 5.79. The lowest BCUT2D eigenvalue weighted by Gasteiger charge is -2.18. The Morgan fingerprint density at radius 3 is 1.67 bits per heavy atom. The molecule has 0 unspecified atom stereocenters. The molecule has 0 aromatic heterocycles. The van der Waals surface area contributed by atoms with Gasteiger partial charge in [0.1, 0.15) is 0 Å². The van der Waals surface area contributed by atoms with E-state index in [-0.39, 0.29) is 0 Å². The van der Waals surface area contributed by atoms with Crippen LogP contribution < -0.4 is 0 Å². The summed E-state index contributed by atoms with van der Waals surface area (Å²) < 4.78 is 2.92. The van der Waals surface area contributed by atoms with Crippen LogP contribution in [0.25, 0.3) is 0 Å². The van der Waals surface area contributed by atoms with Crippen LogP contribution in [-0.4, -0.2) is 0 Å². The predicted molar refractivity (Wildman–Crippen MR) is 68.5 cm³/mol. The molecule has 0 saturated heterocycles. The van der Waals surface area contributed by atoms with Crippen LogP contribution in [0.1, 0.15) is 24.0 Å². The Bertz CT molecular complexity index is 274. The third kappa shape index (κ3) is 1.64. The number of hydrogen-bond acceptors (Lipinski definition) is 0. The first-order valence-electron chi connectivity index (χ1n) is 4.25. The number of halogens is 2. The molecule has 0 radical (unpaired) electrons. The van der Waals surface area contributed by atoms with Gasteiger partial charge in [-0.15, -0.1) is 0 Å². The molecule has 64 valence electrons. The van der Waals surface area contributed by atoms with E-state index in [1.807, 2.05) is 0 Å². The molecule has 0 spiro atoms. The molecule has 12 heavy (non-hydrogen) atoms. The zero-order valence-electron chi connectivity index (χ0n) is 6.74. The number of fused-ring (bicyclic) bond motifs is 1. The number of rotatable bonds is 0. The van der Waals surface area contributed by atoms with Crippen molar-refractivity contribution in [3.05, 3.63) is 30.4 Å². The van der Waals surface area contributed by atoms with E-state index in [9.17, 15) is 0 Å². The molecule has 0 aliphatic heterocycles. The van der Waals surface area contributed by atoms with Gasteiger partial charge in [-0.3, -0.25) is 0 Å². The molecule has 1 aliphatic carbocycles. The normalized spacial score (nSPS) is 15.8. The molecule has 0 heterocycles. The van der Waals surface area contributed by atoms with Gasteiger partial charge in [0.05, 0.1) is 0 Å². The molecule has 1 aliphatic rings. The molecule has 0 saturated carbocycles. The molecule has 1 aromatic carbocycles. The maximum atomic E-state index is 2.46. The number of benzene rings is 1. The summed E-state index contributed by atoms with van der Waals surface area (Å²) >= 11 is 4.91. The van der Waals surface area contributed by atoms with Crippen molar-refractivity contribution in [1.29, 1.82) is 0 Å². The third-order valence-corrected chi connectivity index (χ3v) is 4.44. The minimum absolute atomic E-state index is 1.30. The average Bonchev–Trinajstić information content (AvgIpc) is 2.12.